The maximum Gasteiger partial charge on any atom is 0.264 e. The molecule has 2 aromatic carbocycles. The van der Waals surface area contributed by atoms with Crippen molar-refractivity contribution in [2.75, 3.05) is 36.5 Å². The van der Waals surface area contributed by atoms with Gasteiger partial charge in [-0.3, -0.25) is 4.31 Å². The highest BCUT2D eigenvalue weighted by Crippen LogP contribution is 2.28. The van der Waals surface area contributed by atoms with Crippen molar-refractivity contribution < 1.29 is 13.2 Å². The Bertz CT molecular complexity index is 841. The lowest BCUT2D eigenvalue weighted by Crippen LogP contribution is -2.26. The summed E-state index contributed by atoms with van der Waals surface area (Å²) >= 11 is 0. The minimum Gasteiger partial charge on any atom is -0.496 e. The second-order valence-electron chi connectivity index (χ2n) is 6.31. The van der Waals surface area contributed by atoms with Gasteiger partial charge < -0.3 is 9.64 Å². The molecule has 0 spiro atoms. The molecule has 0 unspecified atom stereocenters. The first-order chi connectivity index (χ1) is 11.9. The summed E-state index contributed by atoms with van der Waals surface area (Å²) in [6.07, 6.45) is 2.43. The smallest absolute Gasteiger partial charge is 0.264 e. The second-order valence-corrected chi connectivity index (χ2v) is 8.28. The number of ether oxygens (including phenoxy) is 1. The Balaban J connectivity index is 1.85. The first-order valence-electron chi connectivity index (χ1n) is 8.42. The lowest BCUT2D eigenvalue weighted by Gasteiger charge is -2.22. The lowest BCUT2D eigenvalue weighted by atomic mass is 10.2. The predicted molar refractivity (Wildman–Crippen MR) is 101 cm³/mol. The standard InChI is InChI=1S/C19H24N2O3S/c1-15-14-18(10-11-19(15)24-3)25(22,23)20(2)16-6-8-17(9-7-16)21-12-4-5-13-21/h6-11,14H,4-5,12-13H2,1-3H3. The van der Waals surface area contributed by atoms with E-state index in [1.54, 1.807) is 32.4 Å². The van der Waals surface area contributed by atoms with Crippen LogP contribution in [0.15, 0.2) is 47.4 Å². The van der Waals surface area contributed by atoms with Gasteiger partial charge in [0.1, 0.15) is 5.75 Å². The molecule has 0 aromatic heterocycles. The van der Waals surface area contributed by atoms with Crippen LogP contribution in [-0.4, -0.2) is 35.7 Å². The molecule has 0 N–H and O–H groups in total. The highest BCUT2D eigenvalue weighted by atomic mass is 32.2. The van der Waals surface area contributed by atoms with E-state index in [2.05, 4.69) is 4.90 Å². The lowest BCUT2D eigenvalue weighted by molar-refractivity contribution is 0.411. The zero-order chi connectivity index (χ0) is 18.0. The third-order valence-electron chi connectivity index (χ3n) is 4.71. The average Bonchev–Trinajstić information content (AvgIpc) is 3.15. The topological polar surface area (TPSA) is 49.9 Å². The molecular formula is C19H24N2O3S. The Labute approximate surface area is 149 Å². The summed E-state index contributed by atoms with van der Waals surface area (Å²) in [6, 6.07) is 12.6. The molecule has 0 aliphatic carbocycles. The molecule has 3 rings (SSSR count). The van der Waals surface area contributed by atoms with Crippen LogP contribution in [0.2, 0.25) is 0 Å². The zero-order valence-electron chi connectivity index (χ0n) is 14.9. The number of sulfonamides is 1. The van der Waals surface area contributed by atoms with Gasteiger partial charge in [0.2, 0.25) is 0 Å². The summed E-state index contributed by atoms with van der Waals surface area (Å²) in [5, 5.41) is 0. The normalized spacial score (nSPS) is 14.6. The molecule has 0 amide bonds. The second kappa shape index (κ2) is 6.96. The monoisotopic (exact) mass is 360 g/mol. The summed E-state index contributed by atoms with van der Waals surface area (Å²) in [5.74, 6) is 0.677. The van der Waals surface area contributed by atoms with Gasteiger partial charge in [-0.15, -0.1) is 0 Å². The van der Waals surface area contributed by atoms with Gasteiger partial charge in [-0.05, 0) is 67.8 Å². The van der Waals surface area contributed by atoms with Crippen molar-refractivity contribution in [3.8, 4) is 5.75 Å². The summed E-state index contributed by atoms with van der Waals surface area (Å²) in [7, 11) is -0.450. The van der Waals surface area contributed by atoms with E-state index in [0.717, 1.165) is 24.3 Å². The van der Waals surface area contributed by atoms with Gasteiger partial charge in [-0.1, -0.05) is 0 Å². The third-order valence-corrected chi connectivity index (χ3v) is 6.49. The minimum atomic E-state index is -3.61. The minimum absolute atomic E-state index is 0.261. The van der Waals surface area contributed by atoms with Crippen LogP contribution in [0.5, 0.6) is 5.75 Å². The quantitative estimate of drug-likeness (QED) is 0.820. The van der Waals surface area contributed by atoms with Crippen LogP contribution in [0.4, 0.5) is 11.4 Å². The van der Waals surface area contributed by atoms with E-state index in [1.165, 1.54) is 17.1 Å². The maximum atomic E-state index is 12.9. The fourth-order valence-corrected chi connectivity index (χ4v) is 4.44. The summed E-state index contributed by atoms with van der Waals surface area (Å²) in [6.45, 7) is 3.97. The molecule has 1 saturated heterocycles. The Morgan fingerprint density at radius 1 is 1.04 bits per heavy atom. The van der Waals surface area contributed by atoms with Gasteiger partial charge in [0.15, 0.2) is 0 Å². The van der Waals surface area contributed by atoms with E-state index in [4.69, 9.17) is 4.74 Å². The van der Waals surface area contributed by atoms with E-state index in [-0.39, 0.29) is 4.90 Å². The number of hydrogen-bond acceptors (Lipinski definition) is 4. The number of nitrogens with zero attached hydrogens (tertiary/aromatic N) is 2. The molecule has 0 atom stereocenters. The van der Waals surface area contributed by atoms with Crippen LogP contribution in [0.3, 0.4) is 0 Å². The van der Waals surface area contributed by atoms with E-state index in [1.807, 2.05) is 31.2 Å². The SMILES string of the molecule is COc1ccc(S(=O)(=O)N(C)c2ccc(N3CCCC3)cc2)cc1C. The number of hydrogen-bond donors (Lipinski definition) is 0. The maximum absolute atomic E-state index is 12.9. The van der Waals surface area contributed by atoms with Gasteiger partial charge in [0.25, 0.3) is 10.0 Å². The number of methoxy groups -OCH3 is 1. The molecule has 2 aromatic rings. The molecule has 134 valence electrons. The fraction of sp³-hybridized carbons (Fsp3) is 0.368. The van der Waals surface area contributed by atoms with E-state index in [9.17, 15) is 8.42 Å². The molecule has 1 fully saturated rings. The van der Waals surface area contributed by atoms with Crippen LogP contribution in [0.25, 0.3) is 0 Å². The molecule has 0 bridgehead atoms. The molecule has 5 nitrogen and oxygen atoms in total. The van der Waals surface area contributed by atoms with Crippen LogP contribution < -0.4 is 13.9 Å². The van der Waals surface area contributed by atoms with Crippen molar-refractivity contribution in [2.45, 2.75) is 24.7 Å². The summed E-state index contributed by atoms with van der Waals surface area (Å²) in [5.41, 5.74) is 2.59. The van der Waals surface area contributed by atoms with Gasteiger partial charge in [-0.25, -0.2) is 8.42 Å². The van der Waals surface area contributed by atoms with Crippen molar-refractivity contribution in [1.29, 1.82) is 0 Å². The molecule has 0 saturated carbocycles. The van der Waals surface area contributed by atoms with E-state index < -0.39 is 10.0 Å². The fourth-order valence-electron chi connectivity index (χ4n) is 3.16. The number of rotatable bonds is 5. The molecule has 1 heterocycles. The Morgan fingerprint density at radius 3 is 2.24 bits per heavy atom. The largest absolute Gasteiger partial charge is 0.496 e. The average molecular weight is 360 g/mol. The van der Waals surface area contributed by atoms with Gasteiger partial charge in [0.05, 0.1) is 17.7 Å². The number of anilines is 2. The van der Waals surface area contributed by atoms with Crippen molar-refractivity contribution in [1.82, 2.24) is 0 Å². The molecule has 1 aliphatic heterocycles. The van der Waals surface area contributed by atoms with Gasteiger partial charge in [0, 0.05) is 25.8 Å². The van der Waals surface area contributed by atoms with Crippen LogP contribution in [-0.2, 0) is 10.0 Å². The van der Waals surface area contributed by atoms with Gasteiger partial charge in [-0.2, -0.15) is 0 Å². The van der Waals surface area contributed by atoms with Gasteiger partial charge >= 0.3 is 0 Å². The van der Waals surface area contributed by atoms with Crippen molar-refractivity contribution >= 4 is 21.4 Å². The number of aryl methyl sites for hydroxylation is 1. The first-order valence-corrected chi connectivity index (χ1v) is 9.86. The van der Waals surface area contributed by atoms with Crippen LogP contribution in [0.1, 0.15) is 18.4 Å². The van der Waals surface area contributed by atoms with Crippen molar-refractivity contribution in [2.24, 2.45) is 0 Å². The first kappa shape index (κ1) is 17.6. The third kappa shape index (κ3) is 3.44. The highest BCUT2D eigenvalue weighted by Gasteiger charge is 2.22. The summed E-state index contributed by atoms with van der Waals surface area (Å²) in [4.78, 5) is 2.59. The van der Waals surface area contributed by atoms with Crippen LogP contribution in [0, 0.1) is 6.92 Å². The van der Waals surface area contributed by atoms with E-state index in [0.29, 0.717) is 11.4 Å². The Hall–Kier alpha value is -2.21. The highest BCUT2D eigenvalue weighted by molar-refractivity contribution is 7.92. The zero-order valence-corrected chi connectivity index (χ0v) is 15.7. The van der Waals surface area contributed by atoms with Crippen molar-refractivity contribution in [3.63, 3.8) is 0 Å². The molecule has 6 heteroatoms. The molecular weight excluding hydrogens is 336 g/mol. The number of benzene rings is 2. The molecule has 0 radical (unpaired) electrons. The summed E-state index contributed by atoms with van der Waals surface area (Å²) < 4.78 is 32.3. The molecule has 1 aliphatic rings. The van der Waals surface area contributed by atoms with Crippen LogP contribution >= 0.6 is 0 Å². The Morgan fingerprint density at radius 2 is 1.68 bits per heavy atom. The predicted octanol–water partition coefficient (Wildman–Crippen LogP) is 3.43. The van der Waals surface area contributed by atoms with E-state index >= 15 is 0 Å². The Kier molecular flexibility index (Phi) is 4.90. The van der Waals surface area contributed by atoms with Crippen molar-refractivity contribution in [3.05, 3.63) is 48.0 Å². The molecule has 25 heavy (non-hydrogen) atoms.